The Hall–Kier alpha value is -2.74. The lowest BCUT2D eigenvalue weighted by atomic mass is 10.1. The molecule has 0 saturated heterocycles. The maximum atomic E-state index is 12.2. The van der Waals surface area contributed by atoms with E-state index in [0.29, 0.717) is 23.2 Å². The van der Waals surface area contributed by atoms with Gasteiger partial charge in [0.25, 0.3) is 0 Å². The molecule has 1 aliphatic rings. The van der Waals surface area contributed by atoms with Gasteiger partial charge in [-0.05, 0) is 23.8 Å². The lowest BCUT2D eigenvalue weighted by molar-refractivity contribution is 0.245. The zero-order valence-electron chi connectivity index (χ0n) is 14.6. The minimum absolute atomic E-state index is 0.0387. The van der Waals surface area contributed by atoms with Crippen molar-refractivity contribution in [2.75, 3.05) is 20.0 Å². The normalized spacial score (nSPS) is 15.9. The summed E-state index contributed by atoms with van der Waals surface area (Å²) in [5, 5.41) is 6.22. The van der Waals surface area contributed by atoms with Gasteiger partial charge in [-0.3, -0.25) is 15.3 Å². The number of urea groups is 1. The fourth-order valence-electron chi connectivity index (χ4n) is 2.61. The molecule has 8 heteroatoms. The number of amides is 2. The smallest absolute Gasteiger partial charge is 0.321 e. The highest BCUT2D eigenvalue weighted by Gasteiger charge is 2.21. The zero-order valence-corrected chi connectivity index (χ0v) is 15.4. The number of carbonyl (C=O) groups is 1. The average Bonchev–Trinajstić information content (AvgIpc) is 3.15. The average molecular weight is 372 g/mol. The summed E-state index contributed by atoms with van der Waals surface area (Å²) in [5.41, 5.74) is 1.92. The molecule has 136 valence electrons. The summed E-state index contributed by atoms with van der Waals surface area (Å²) in [6, 6.07) is 9.15. The van der Waals surface area contributed by atoms with Gasteiger partial charge in [0.2, 0.25) is 0 Å². The third kappa shape index (κ3) is 4.26. The number of aliphatic imine (C=N–C) groups is 1. The second-order valence-corrected chi connectivity index (χ2v) is 6.51. The van der Waals surface area contributed by atoms with Crippen LogP contribution in [0.3, 0.4) is 0 Å². The summed E-state index contributed by atoms with van der Waals surface area (Å²) in [6.07, 6.45) is 3.49. The van der Waals surface area contributed by atoms with Gasteiger partial charge in [-0.1, -0.05) is 23.9 Å². The first kappa shape index (κ1) is 18.1. The highest BCUT2D eigenvalue weighted by molar-refractivity contribution is 8.14. The third-order valence-corrected chi connectivity index (χ3v) is 4.85. The monoisotopic (exact) mass is 372 g/mol. The molecular formula is C18H20N4O3S. The Morgan fingerprint density at radius 1 is 1.23 bits per heavy atom. The first-order valence-electron chi connectivity index (χ1n) is 8.06. The van der Waals surface area contributed by atoms with Crippen LogP contribution in [0.15, 0.2) is 47.7 Å². The first-order valence-corrected chi connectivity index (χ1v) is 9.05. The maximum Gasteiger partial charge on any atom is 0.321 e. The van der Waals surface area contributed by atoms with Gasteiger partial charge in [-0.2, -0.15) is 0 Å². The highest BCUT2D eigenvalue weighted by atomic mass is 32.2. The Bertz CT molecular complexity index is 798. The Labute approximate surface area is 156 Å². The molecule has 1 aliphatic heterocycles. The third-order valence-electron chi connectivity index (χ3n) is 3.89. The van der Waals surface area contributed by atoms with E-state index < -0.39 is 0 Å². The van der Waals surface area contributed by atoms with E-state index in [-0.39, 0.29) is 12.1 Å². The molecule has 7 nitrogen and oxygen atoms in total. The molecule has 2 amide bonds. The van der Waals surface area contributed by atoms with Crippen LogP contribution in [-0.4, -0.2) is 36.2 Å². The summed E-state index contributed by atoms with van der Waals surface area (Å²) in [7, 11) is 3.15. The molecule has 0 radical (unpaired) electrons. The van der Waals surface area contributed by atoms with Crippen molar-refractivity contribution in [3.05, 3.63) is 53.9 Å². The number of aromatic nitrogens is 1. The topological polar surface area (TPSA) is 84.8 Å². The van der Waals surface area contributed by atoms with Crippen LogP contribution in [0.25, 0.3) is 0 Å². The minimum atomic E-state index is -0.309. The van der Waals surface area contributed by atoms with Crippen molar-refractivity contribution >= 4 is 23.0 Å². The molecular weight excluding hydrogens is 352 g/mol. The molecule has 1 aromatic carbocycles. The fourth-order valence-corrected chi connectivity index (χ4v) is 3.56. The number of para-hydroxylation sites is 1. The number of thioether (sulfide) groups is 1. The van der Waals surface area contributed by atoms with E-state index in [9.17, 15) is 4.79 Å². The van der Waals surface area contributed by atoms with Crippen molar-refractivity contribution in [1.29, 1.82) is 0 Å². The molecule has 3 rings (SSSR count). The molecule has 2 N–H and O–H groups in total. The Morgan fingerprint density at radius 3 is 2.77 bits per heavy atom. The van der Waals surface area contributed by atoms with Crippen molar-refractivity contribution in [2.24, 2.45) is 4.99 Å². The standard InChI is InChI=1S/C18H20N4O3S/c1-24-15-5-3-4-13(16(15)25-2)10-20-17(23)22-18-21-14(11-26-18)12-6-8-19-9-7-12/h3-9,14H,10-11H2,1-2H3,(H2,20,21,22,23). The van der Waals surface area contributed by atoms with Crippen molar-refractivity contribution in [1.82, 2.24) is 15.6 Å². The number of methoxy groups -OCH3 is 2. The van der Waals surface area contributed by atoms with Crippen LogP contribution in [0.4, 0.5) is 4.79 Å². The van der Waals surface area contributed by atoms with E-state index in [1.54, 1.807) is 26.6 Å². The molecule has 2 aromatic rings. The van der Waals surface area contributed by atoms with Crippen LogP contribution in [0.2, 0.25) is 0 Å². The number of hydrogen-bond acceptors (Lipinski definition) is 6. The lowest BCUT2D eigenvalue weighted by Gasteiger charge is -2.13. The van der Waals surface area contributed by atoms with Gasteiger partial charge in [0.05, 0.1) is 20.3 Å². The number of carbonyl (C=O) groups excluding carboxylic acids is 1. The number of amidine groups is 1. The van der Waals surface area contributed by atoms with Gasteiger partial charge in [0, 0.05) is 30.3 Å². The fraction of sp³-hybridized carbons (Fsp3) is 0.278. The SMILES string of the molecule is COc1cccc(CNC(=O)NC2=NC(c3ccncc3)CS2)c1OC. The summed E-state index contributed by atoms with van der Waals surface area (Å²) in [4.78, 5) is 20.7. The molecule has 2 heterocycles. The van der Waals surface area contributed by atoms with E-state index in [1.807, 2.05) is 30.3 Å². The number of ether oxygens (including phenoxy) is 2. The predicted octanol–water partition coefficient (Wildman–Crippen LogP) is 2.74. The van der Waals surface area contributed by atoms with Crippen LogP contribution in [0.5, 0.6) is 11.5 Å². The van der Waals surface area contributed by atoms with Gasteiger partial charge < -0.3 is 14.8 Å². The molecule has 0 bridgehead atoms. The van der Waals surface area contributed by atoms with Crippen molar-refractivity contribution in [2.45, 2.75) is 12.6 Å². The number of pyridine rings is 1. The van der Waals surface area contributed by atoms with Crippen LogP contribution in [0, 0.1) is 0 Å². The summed E-state index contributed by atoms with van der Waals surface area (Å²) < 4.78 is 10.6. The van der Waals surface area contributed by atoms with E-state index >= 15 is 0 Å². The van der Waals surface area contributed by atoms with E-state index in [0.717, 1.165) is 16.9 Å². The van der Waals surface area contributed by atoms with Gasteiger partial charge in [-0.15, -0.1) is 0 Å². The number of nitrogens with zero attached hydrogens (tertiary/aromatic N) is 2. The van der Waals surface area contributed by atoms with Crippen molar-refractivity contribution in [3.8, 4) is 11.5 Å². The van der Waals surface area contributed by atoms with Gasteiger partial charge in [0.15, 0.2) is 16.7 Å². The summed E-state index contributed by atoms with van der Waals surface area (Å²) in [6.45, 7) is 0.317. The predicted molar refractivity (Wildman–Crippen MR) is 102 cm³/mol. The number of benzene rings is 1. The van der Waals surface area contributed by atoms with Crippen LogP contribution < -0.4 is 20.1 Å². The van der Waals surface area contributed by atoms with Gasteiger partial charge in [-0.25, -0.2) is 4.79 Å². The van der Waals surface area contributed by atoms with Gasteiger partial charge >= 0.3 is 6.03 Å². The highest BCUT2D eigenvalue weighted by Crippen LogP contribution is 2.31. The number of rotatable bonds is 5. The second kappa shape index (κ2) is 8.57. The number of hydrogen-bond donors (Lipinski definition) is 2. The molecule has 0 spiro atoms. The number of nitrogens with one attached hydrogen (secondary N) is 2. The van der Waals surface area contributed by atoms with E-state index in [1.165, 1.54) is 11.8 Å². The van der Waals surface area contributed by atoms with E-state index in [2.05, 4.69) is 20.6 Å². The van der Waals surface area contributed by atoms with Gasteiger partial charge in [0.1, 0.15) is 0 Å². The van der Waals surface area contributed by atoms with Crippen molar-refractivity contribution < 1.29 is 14.3 Å². The Kier molecular flexibility index (Phi) is 5.96. The maximum absolute atomic E-state index is 12.2. The zero-order chi connectivity index (χ0) is 18.4. The quantitative estimate of drug-likeness (QED) is 0.843. The van der Waals surface area contributed by atoms with Crippen LogP contribution in [0.1, 0.15) is 17.2 Å². The van der Waals surface area contributed by atoms with Crippen molar-refractivity contribution in [3.63, 3.8) is 0 Å². The molecule has 0 saturated carbocycles. The summed E-state index contributed by atoms with van der Waals surface area (Å²) in [5.74, 6) is 2.03. The molecule has 1 aromatic heterocycles. The van der Waals surface area contributed by atoms with E-state index in [4.69, 9.17) is 9.47 Å². The largest absolute Gasteiger partial charge is 0.493 e. The lowest BCUT2D eigenvalue weighted by Crippen LogP contribution is -2.37. The molecule has 26 heavy (non-hydrogen) atoms. The first-order chi connectivity index (χ1) is 12.7. The molecule has 0 fully saturated rings. The van der Waals surface area contributed by atoms with Crippen LogP contribution >= 0.6 is 11.8 Å². The Balaban J connectivity index is 1.57. The molecule has 0 aliphatic carbocycles. The Morgan fingerprint density at radius 2 is 2.04 bits per heavy atom. The second-order valence-electron chi connectivity index (χ2n) is 5.50. The molecule has 1 unspecified atom stereocenters. The minimum Gasteiger partial charge on any atom is -0.493 e. The molecule has 1 atom stereocenters. The summed E-state index contributed by atoms with van der Waals surface area (Å²) >= 11 is 1.52. The van der Waals surface area contributed by atoms with Crippen LogP contribution in [-0.2, 0) is 6.54 Å².